The molecule has 0 radical (unpaired) electrons. The van der Waals surface area contributed by atoms with Crippen molar-refractivity contribution in [2.45, 2.75) is 130 Å². The summed E-state index contributed by atoms with van der Waals surface area (Å²) in [7, 11) is 0. The Labute approximate surface area is 298 Å². The van der Waals surface area contributed by atoms with Crippen molar-refractivity contribution in [1.29, 1.82) is 0 Å². The summed E-state index contributed by atoms with van der Waals surface area (Å²) in [5.41, 5.74) is -6.62. The van der Waals surface area contributed by atoms with E-state index in [9.17, 15) is 49.8 Å². The van der Waals surface area contributed by atoms with Gasteiger partial charge in [-0.3, -0.25) is 19.2 Å². The average molecular weight is 719 g/mol. The van der Waals surface area contributed by atoms with Crippen LogP contribution in [-0.2, 0) is 33.4 Å². The molecule has 1 saturated heterocycles. The molecule has 3 fully saturated rings. The van der Waals surface area contributed by atoms with E-state index >= 15 is 0 Å². The minimum atomic E-state index is -2.09. The predicted molar refractivity (Wildman–Crippen MR) is 180 cm³/mol. The number of aliphatic hydroxyl groups excluding tert-OH is 5. The molecule has 5 rings (SSSR count). The Balaban J connectivity index is 1.52. The summed E-state index contributed by atoms with van der Waals surface area (Å²) in [6.07, 6.45) is -2.57. The van der Waals surface area contributed by atoms with E-state index in [0.29, 0.717) is 12.0 Å². The highest BCUT2D eigenvalue weighted by Crippen LogP contribution is 2.73. The molecule has 6 N–H and O–H groups in total. The summed E-state index contributed by atoms with van der Waals surface area (Å²) in [5, 5.41) is 64.6. The molecule has 0 spiro atoms. The van der Waals surface area contributed by atoms with E-state index in [2.05, 4.69) is 0 Å². The molecule has 4 aliphatic carbocycles. The molecule has 0 aromatic rings. The van der Waals surface area contributed by atoms with Gasteiger partial charge in [0.15, 0.2) is 11.5 Å². The van der Waals surface area contributed by atoms with E-state index in [0.717, 1.165) is 6.08 Å². The summed E-state index contributed by atoms with van der Waals surface area (Å²) in [4.78, 5) is 53.9. The zero-order valence-electron chi connectivity index (χ0n) is 30.9. The maximum Gasteiger partial charge on any atom is 0.303 e. The highest BCUT2D eigenvalue weighted by atomic mass is 16.7. The summed E-state index contributed by atoms with van der Waals surface area (Å²) in [6, 6.07) is 0. The summed E-state index contributed by atoms with van der Waals surface area (Å²) >= 11 is 0. The number of ketones is 3. The molecule has 5 aliphatic rings. The van der Waals surface area contributed by atoms with Crippen LogP contribution in [0.2, 0.25) is 0 Å². The van der Waals surface area contributed by atoms with E-state index in [-0.39, 0.29) is 24.4 Å². The Kier molecular flexibility index (Phi) is 9.80. The highest BCUT2D eigenvalue weighted by Gasteiger charge is 2.74. The molecule has 284 valence electrons. The van der Waals surface area contributed by atoms with Crippen LogP contribution in [0.3, 0.4) is 0 Å². The number of hydrogen-bond donors (Lipinski definition) is 6. The Bertz CT molecular complexity index is 1570. The fraction of sp³-hybridized carbons (Fsp3) is 0.737. The first-order chi connectivity index (χ1) is 23.3. The minimum Gasteiger partial charge on any atom is -0.459 e. The predicted octanol–water partition coefficient (Wildman–Crippen LogP) is 1.45. The van der Waals surface area contributed by atoms with Gasteiger partial charge in [0, 0.05) is 30.6 Å². The SMILES string of the molecule is CC(=O)OC(C)(C)C=CC(=O)[C@](C)(O)C1[C@H](O)C[C@@]2(C)[C@@H]3CC=C4[C@@H](C=C(O[C@@H]5OC(CO)[C@@H](O)C(O)[C@@H]5O)C(=O)C4(C)C)[C@]3(C)C(=O)C[C@]12C. The van der Waals surface area contributed by atoms with E-state index < -0.39 is 112 Å². The number of aliphatic hydroxyl groups is 6. The van der Waals surface area contributed by atoms with Crippen LogP contribution in [0.5, 0.6) is 0 Å². The Morgan fingerprint density at radius 2 is 1.63 bits per heavy atom. The molecule has 3 unspecified atom stereocenters. The fourth-order valence-electron chi connectivity index (χ4n) is 10.3. The van der Waals surface area contributed by atoms with Crippen LogP contribution in [0.15, 0.2) is 35.6 Å². The van der Waals surface area contributed by atoms with Crippen LogP contribution in [0, 0.1) is 39.4 Å². The number of rotatable bonds is 8. The van der Waals surface area contributed by atoms with Crippen LogP contribution in [0.1, 0.15) is 81.6 Å². The fourth-order valence-corrected chi connectivity index (χ4v) is 10.3. The topological polar surface area (TPSA) is 217 Å². The van der Waals surface area contributed by atoms with Gasteiger partial charge in [-0.05, 0) is 82.4 Å². The van der Waals surface area contributed by atoms with Crippen molar-refractivity contribution in [3.05, 3.63) is 35.6 Å². The van der Waals surface area contributed by atoms with Gasteiger partial charge in [-0.1, -0.05) is 32.4 Å². The van der Waals surface area contributed by atoms with E-state index in [1.807, 2.05) is 26.8 Å². The number of fused-ring (bicyclic) bond motifs is 5. The van der Waals surface area contributed by atoms with Crippen LogP contribution in [-0.4, -0.2) is 109 Å². The number of carbonyl (C=O) groups is 4. The quantitative estimate of drug-likeness (QED) is 0.119. The first kappa shape index (κ1) is 39.4. The first-order valence-corrected chi connectivity index (χ1v) is 17.6. The second-order valence-electron chi connectivity index (χ2n) is 17.2. The molecule has 0 aromatic heterocycles. The van der Waals surface area contributed by atoms with Crippen molar-refractivity contribution in [2.24, 2.45) is 39.4 Å². The maximum atomic E-state index is 14.8. The molecule has 0 aromatic carbocycles. The molecule has 13 heteroatoms. The third kappa shape index (κ3) is 5.87. The second-order valence-corrected chi connectivity index (χ2v) is 17.2. The number of esters is 1. The van der Waals surface area contributed by atoms with Gasteiger partial charge in [0.05, 0.1) is 18.1 Å². The number of Topliss-reactive ketones (excluding diaryl/α,β-unsaturated/α-hetero) is 2. The van der Waals surface area contributed by atoms with E-state index in [1.165, 1.54) is 19.9 Å². The maximum absolute atomic E-state index is 14.8. The molecule has 2 saturated carbocycles. The third-order valence-corrected chi connectivity index (χ3v) is 13.3. The van der Waals surface area contributed by atoms with Crippen LogP contribution in [0.4, 0.5) is 0 Å². The number of hydrogen-bond acceptors (Lipinski definition) is 13. The highest BCUT2D eigenvalue weighted by molar-refractivity contribution is 6.02. The van der Waals surface area contributed by atoms with Crippen molar-refractivity contribution in [3.63, 3.8) is 0 Å². The summed E-state index contributed by atoms with van der Waals surface area (Å²) in [6.45, 7) is 14.2. The normalized spacial score (nSPS) is 43.3. The molecular formula is C38H54O13. The number of carbonyl (C=O) groups excluding carboxylic acids is 4. The van der Waals surface area contributed by atoms with Gasteiger partial charge in [-0.2, -0.15) is 0 Å². The van der Waals surface area contributed by atoms with E-state index in [1.54, 1.807) is 33.8 Å². The first-order valence-electron chi connectivity index (χ1n) is 17.6. The van der Waals surface area contributed by atoms with Gasteiger partial charge in [-0.25, -0.2) is 0 Å². The zero-order valence-corrected chi connectivity index (χ0v) is 30.9. The average Bonchev–Trinajstić information content (AvgIpc) is 3.22. The molecule has 51 heavy (non-hydrogen) atoms. The monoisotopic (exact) mass is 718 g/mol. The van der Waals surface area contributed by atoms with Gasteiger partial charge in [0.2, 0.25) is 12.1 Å². The minimum absolute atomic E-state index is 0.0841. The van der Waals surface area contributed by atoms with Crippen molar-refractivity contribution < 1.29 is 64.0 Å². The molecule has 1 heterocycles. The van der Waals surface area contributed by atoms with Crippen LogP contribution in [0.25, 0.3) is 0 Å². The van der Waals surface area contributed by atoms with Crippen molar-refractivity contribution in [1.82, 2.24) is 0 Å². The lowest BCUT2D eigenvalue weighted by Crippen LogP contribution is -2.64. The Hall–Kier alpha value is -2.78. The number of ether oxygens (including phenoxy) is 3. The second kappa shape index (κ2) is 12.7. The lowest BCUT2D eigenvalue weighted by Gasteiger charge is -2.63. The Morgan fingerprint density at radius 3 is 2.22 bits per heavy atom. The zero-order chi connectivity index (χ0) is 38.4. The standard InChI is InChI=1S/C38H54O13/c1-18(40)51-33(2,3)13-12-25(42)38(9,48)30-21(41)15-35(6)24-11-10-19-20(37(24,8)26(43)16-36(30,35)7)14-22(31(47)34(19,4)5)49-32-29(46)28(45)27(44)23(17-39)50-32/h10,12-14,20-21,23-24,27-30,32,39,41,44-46,48H,11,15-17H2,1-9H3/t20-,21-,23?,24+,27-,28?,29+,30?,32-,35+,36-,37+,38+/m1/s1. The molecule has 0 amide bonds. The molecular weight excluding hydrogens is 664 g/mol. The van der Waals surface area contributed by atoms with E-state index in [4.69, 9.17) is 14.2 Å². The summed E-state index contributed by atoms with van der Waals surface area (Å²) in [5.74, 6) is -4.17. The number of allylic oxidation sites excluding steroid dienone is 4. The van der Waals surface area contributed by atoms with Crippen molar-refractivity contribution in [3.8, 4) is 0 Å². The van der Waals surface area contributed by atoms with Crippen molar-refractivity contribution in [2.75, 3.05) is 6.61 Å². The van der Waals surface area contributed by atoms with Gasteiger partial charge >= 0.3 is 5.97 Å². The molecule has 13 nitrogen and oxygen atoms in total. The van der Waals surface area contributed by atoms with Gasteiger partial charge in [-0.15, -0.1) is 0 Å². The molecule has 1 aliphatic heterocycles. The van der Waals surface area contributed by atoms with Crippen LogP contribution < -0.4 is 0 Å². The third-order valence-electron chi connectivity index (χ3n) is 13.3. The molecule has 0 bridgehead atoms. The Morgan fingerprint density at radius 1 is 1.00 bits per heavy atom. The van der Waals surface area contributed by atoms with Gasteiger partial charge in [0.25, 0.3) is 0 Å². The summed E-state index contributed by atoms with van der Waals surface area (Å²) < 4.78 is 16.7. The lowest BCUT2D eigenvalue weighted by atomic mass is 9.39. The van der Waals surface area contributed by atoms with Crippen molar-refractivity contribution >= 4 is 23.3 Å². The largest absolute Gasteiger partial charge is 0.459 e. The van der Waals surface area contributed by atoms with Crippen LogP contribution >= 0.6 is 0 Å². The van der Waals surface area contributed by atoms with Gasteiger partial charge in [0.1, 0.15) is 41.4 Å². The smallest absolute Gasteiger partial charge is 0.303 e. The molecule has 13 atom stereocenters. The van der Waals surface area contributed by atoms with Gasteiger partial charge < -0.3 is 44.8 Å². The lowest BCUT2D eigenvalue weighted by molar-refractivity contribution is -0.291.